The van der Waals surface area contributed by atoms with Gasteiger partial charge in [-0.05, 0) is 42.5 Å². The van der Waals surface area contributed by atoms with Crippen LogP contribution < -0.4 is 5.32 Å². The monoisotopic (exact) mass is 323 g/mol. The van der Waals surface area contributed by atoms with E-state index in [-0.39, 0.29) is 17.9 Å². The maximum Gasteiger partial charge on any atom is 0.223 e. The first-order chi connectivity index (χ1) is 11.7. The summed E-state index contributed by atoms with van der Waals surface area (Å²) in [5.41, 5.74) is 4.14. The Balaban J connectivity index is 1.54. The molecule has 1 atom stereocenters. The van der Waals surface area contributed by atoms with Gasteiger partial charge in [0.05, 0.1) is 6.04 Å². The van der Waals surface area contributed by atoms with Gasteiger partial charge < -0.3 is 9.88 Å². The van der Waals surface area contributed by atoms with Crippen LogP contribution >= 0.6 is 0 Å². The molecule has 4 heteroatoms. The molecule has 2 aromatic rings. The summed E-state index contributed by atoms with van der Waals surface area (Å²) in [6.45, 7) is 2.67. The number of benzene rings is 1. The van der Waals surface area contributed by atoms with Gasteiger partial charge in [-0.1, -0.05) is 24.3 Å². The molecule has 1 aromatic heterocycles. The fourth-order valence-corrected chi connectivity index (χ4v) is 3.71. The van der Waals surface area contributed by atoms with E-state index in [9.17, 15) is 4.79 Å². The number of aromatic nitrogens is 1. The summed E-state index contributed by atoms with van der Waals surface area (Å²) in [6.07, 6.45) is 5.27. The van der Waals surface area contributed by atoms with Crippen LogP contribution in [0.15, 0.2) is 42.6 Å². The number of carbonyl (C=O) groups excluding carboxylic acids is 1. The van der Waals surface area contributed by atoms with E-state index in [2.05, 4.69) is 64.4 Å². The highest BCUT2D eigenvalue weighted by atomic mass is 16.2. The van der Waals surface area contributed by atoms with Crippen molar-refractivity contribution in [2.24, 2.45) is 13.0 Å². The van der Waals surface area contributed by atoms with Crippen LogP contribution in [0.1, 0.15) is 35.7 Å². The average molecular weight is 323 g/mol. The molecule has 0 spiro atoms. The van der Waals surface area contributed by atoms with E-state index in [1.165, 1.54) is 16.8 Å². The van der Waals surface area contributed by atoms with Gasteiger partial charge in [-0.2, -0.15) is 0 Å². The van der Waals surface area contributed by atoms with Gasteiger partial charge in [-0.15, -0.1) is 0 Å². The predicted molar refractivity (Wildman–Crippen MR) is 94.4 cm³/mol. The minimum atomic E-state index is 0.223. The van der Waals surface area contributed by atoms with Crippen molar-refractivity contribution in [1.29, 1.82) is 0 Å². The maximum absolute atomic E-state index is 12.1. The predicted octanol–water partition coefficient (Wildman–Crippen LogP) is 2.65. The molecule has 24 heavy (non-hydrogen) atoms. The number of hydrogen-bond donors (Lipinski definition) is 1. The number of nitrogens with zero attached hydrogens (tertiary/aromatic N) is 2. The summed E-state index contributed by atoms with van der Waals surface area (Å²) in [5, 5.41) is 3.19. The summed E-state index contributed by atoms with van der Waals surface area (Å²) in [5.74, 6) is 0.493. The van der Waals surface area contributed by atoms with Crippen LogP contribution in [0.2, 0.25) is 0 Å². The van der Waals surface area contributed by atoms with E-state index in [1.54, 1.807) is 0 Å². The molecular formula is C20H25N3O. The van der Waals surface area contributed by atoms with Gasteiger partial charge in [-0.3, -0.25) is 9.69 Å². The van der Waals surface area contributed by atoms with Gasteiger partial charge >= 0.3 is 0 Å². The molecule has 1 saturated carbocycles. The summed E-state index contributed by atoms with van der Waals surface area (Å²) >= 11 is 0. The highest BCUT2D eigenvalue weighted by Gasteiger charge is 2.31. The van der Waals surface area contributed by atoms with Crippen molar-refractivity contribution in [2.45, 2.75) is 31.8 Å². The molecule has 2 aliphatic rings. The minimum Gasteiger partial charge on any atom is -0.354 e. The number of nitrogens with one attached hydrogen (secondary N) is 1. The molecule has 0 saturated heterocycles. The molecule has 1 unspecified atom stereocenters. The summed E-state index contributed by atoms with van der Waals surface area (Å²) in [7, 11) is 2.09. The van der Waals surface area contributed by atoms with E-state index < -0.39 is 0 Å². The van der Waals surface area contributed by atoms with E-state index in [0.29, 0.717) is 6.54 Å². The molecule has 4 rings (SSSR count). The highest BCUT2D eigenvalue weighted by Crippen LogP contribution is 2.30. The van der Waals surface area contributed by atoms with E-state index in [4.69, 9.17) is 0 Å². The molecule has 1 fully saturated rings. The average Bonchev–Trinajstić information content (AvgIpc) is 3.38. The Bertz CT molecular complexity index is 732. The Morgan fingerprint density at radius 1 is 1.21 bits per heavy atom. The SMILES string of the molecule is Cn1cccc1C(CNC(=O)C1CC1)N1CCc2ccccc2C1. The lowest BCUT2D eigenvalue weighted by Gasteiger charge is -2.36. The first kappa shape index (κ1) is 15.5. The second-order valence-electron chi connectivity index (χ2n) is 7.07. The van der Waals surface area contributed by atoms with Gasteiger partial charge in [0.1, 0.15) is 0 Å². The molecule has 4 nitrogen and oxygen atoms in total. The minimum absolute atomic E-state index is 0.223. The molecule has 0 bridgehead atoms. The topological polar surface area (TPSA) is 37.3 Å². The molecule has 1 aliphatic carbocycles. The summed E-state index contributed by atoms with van der Waals surface area (Å²) < 4.78 is 2.18. The number of aryl methyl sites for hydroxylation is 1. The maximum atomic E-state index is 12.1. The molecule has 1 aromatic carbocycles. The summed E-state index contributed by atoms with van der Waals surface area (Å²) in [6, 6.07) is 13.2. The zero-order valence-corrected chi connectivity index (χ0v) is 14.2. The highest BCUT2D eigenvalue weighted by molar-refractivity contribution is 5.80. The van der Waals surface area contributed by atoms with Crippen molar-refractivity contribution < 1.29 is 4.79 Å². The van der Waals surface area contributed by atoms with Gasteiger partial charge in [-0.25, -0.2) is 0 Å². The van der Waals surface area contributed by atoms with Crippen molar-refractivity contribution in [3.8, 4) is 0 Å². The van der Waals surface area contributed by atoms with Crippen LogP contribution in [0.3, 0.4) is 0 Å². The van der Waals surface area contributed by atoms with Crippen LogP contribution in [0.25, 0.3) is 0 Å². The number of hydrogen-bond acceptors (Lipinski definition) is 2. The largest absolute Gasteiger partial charge is 0.354 e. The van der Waals surface area contributed by atoms with Gasteiger partial charge in [0.15, 0.2) is 0 Å². The smallest absolute Gasteiger partial charge is 0.223 e. The van der Waals surface area contributed by atoms with Crippen LogP contribution in [0.4, 0.5) is 0 Å². The molecular weight excluding hydrogens is 298 g/mol. The van der Waals surface area contributed by atoms with Crippen molar-refractivity contribution in [3.63, 3.8) is 0 Å². The Morgan fingerprint density at radius 3 is 2.71 bits per heavy atom. The van der Waals surface area contributed by atoms with Crippen molar-refractivity contribution >= 4 is 5.91 Å². The quantitative estimate of drug-likeness (QED) is 0.918. The molecule has 1 amide bonds. The third-order valence-corrected chi connectivity index (χ3v) is 5.34. The number of amides is 1. The zero-order valence-electron chi connectivity index (χ0n) is 14.2. The van der Waals surface area contributed by atoms with E-state index in [0.717, 1.165) is 32.4 Å². The third-order valence-electron chi connectivity index (χ3n) is 5.34. The van der Waals surface area contributed by atoms with Gasteiger partial charge in [0.2, 0.25) is 5.91 Å². The van der Waals surface area contributed by atoms with Crippen molar-refractivity contribution in [3.05, 3.63) is 59.4 Å². The first-order valence-corrected chi connectivity index (χ1v) is 8.92. The number of fused-ring (bicyclic) bond motifs is 1. The second-order valence-corrected chi connectivity index (χ2v) is 7.07. The zero-order chi connectivity index (χ0) is 16.5. The Kier molecular flexibility index (Phi) is 4.15. The normalized spacial score (nSPS) is 18.9. The first-order valence-electron chi connectivity index (χ1n) is 8.92. The Labute approximate surface area is 143 Å². The Morgan fingerprint density at radius 2 is 2.00 bits per heavy atom. The van der Waals surface area contributed by atoms with Crippen LogP contribution in [-0.4, -0.2) is 28.5 Å². The lowest BCUT2D eigenvalue weighted by atomic mass is 9.98. The standard InChI is InChI=1S/C20H25N3O/c1-22-11-4-7-18(22)19(13-21-20(24)16-8-9-16)23-12-10-15-5-2-3-6-17(15)14-23/h2-7,11,16,19H,8-10,12-14H2,1H3,(H,21,24). The molecule has 0 radical (unpaired) electrons. The van der Waals surface area contributed by atoms with Crippen LogP contribution in [-0.2, 0) is 24.8 Å². The fourth-order valence-electron chi connectivity index (χ4n) is 3.71. The van der Waals surface area contributed by atoms with Gasteiger partial charge in [0.25, 0.3) is 0 Å². The third kappa shape index (κ3) is 3.11. The lowest BCUT2D eigenvalue weighted by Crippen LogP contribution is -2.41. The molecule has 1 N–H and O–H groups in total. The summed E-state index contributed by atoms with van der Waals surface area (Å²) in [4.78, 5) is 14.6. The number of rotatable bonds is 5. The molecule has 1 aliphatic heterocycles. The Hall–Kier alpha value is -2.07. The van der Waals surface area contributed by atoms with E-state index >= 15 is 0 Å². The van der Waals surface area contributed by atoms with Gasteiger partial charge in [0, 0.05) is 44.5 Å². The second kappa shape index (κ2) is 6.44. The van der Waals surface area contributed by atoms with E-state index in [1.807, 2.05) is 0 Å². The van der Waals surface area contributed by atoms with Crippen molar-refractivity contribution in [2.75, 3.05) is 13.1 Å². The lowest BCUT2D eigenvalue weighted by molar-refractivity contribution is -0.122. The van der Waals surface area contributed by atoms with Crippen molar-refractivity contribution in [1.82, 2.24) is 14.8 Å². The molecule has 126 valence electrons. The number of carbonyl (C=O) groups is 1. The van der Waals surface area contributed by atoms with Crippen LogP contribution in [0.5, 0.6) is 0 Å². The van der Waals surface area contributed by atoms with Crippen LogP contribution in [0, 0.1) is 5.92 Å². The fraction of sp³-hybridized carbons (Fsp3) is 0.450. The molecule has 2 heterocycles.